The van der Waals surface area contributed by atoms with E-state index in [0.717, 1.165) is 29.7 Å². The molecule has 2 aromatic rings. The second kappa shape index (κ2) is 4.00. The fourth-order valence-corrected chi connectivity index (χ4v) is 2.33. The summed E-state index contributed by atoms with van der Waals surface area (Å²) in [5.41, 5.74) is 3.41. The van der Waals surface area contributed by atoms with Crippen LogP contribution in [0, 0.1) is 5.82 Å². The Labute approximate surface area is 99.1 Å². The van der Waals surface area contributed by atoms with Gasteiger partial charge in [-0.3, -0.25) is 0 Å². The Morgan fingerprint density at radius 1 is 1.29 bits per heavy atom. The highest BCUT2D eigenvalue weighted by atomic mass is 19.1. The van der Waals surface area contributed by atoms with Crippen molar-refractivity contribution in [1.29, 1.82) is 0 Å². The van der Waals surface area contributed by atoms with E-state index in [9.17, 15) is 9.50 Å². The van der Waals surface area contributed by atoms with Gasteiger partial charge in [-0.05, 0) is 42.0 Å². The highest BCUT2D eigenvalue weighted by molar-refractivity contribution is 5.67. The van der Waals surface area contributed by atoms with Gasteiger partial charge >= 0.3 is 0 Å². The molecule has 0 radical (unpaired) electrons. The van der Waals surface area contributed by atoms with E-state index >= 15 is 0 Å². The first-order chi connectivity index (χ1) is 8.31. The summed E-state index contributed by atoms with van der Waals surface area (Å²) in [5.74, 6) is 0.263. The van der Waals surface area contributed by atoms with Crippen molar-refractivity contribution in [2.45, 2.75) is 25.4 Å². The number of nitrogens with one attached hydrogen (secondary N) is 1. The molecule has 0 saturated heterocycles. The Balaban J connectivity index is 2.14. The van der Waals surface area contributed by atoms with E-state index in [1.165, 1.54) is 6.07 Å². The fraction of sp³-hybridized carbons (Fsp3) is 0.286. The second-order valence-corrected chi connectivity index (χ2v) is 4.51. The van der Waals surface area contributed by atoms with Crippen molar-refractivity contribution >= 4 is 0 Å². The van der Waals surface area contributed by atoms with Crippen LogP contribution in [0.4, 0.5) is 4.39 Å². The van der Waals surface area contributed by atoms with Crippen molar-refractivity contribution in [2.75, 3.05) is 0 Å². The topological polar surface area (TPSA) is 36.0 Å². The number of hydrogen-bond donors (Lipinski definition) is 2. The number of hydrogen-bond acceptors (Lipinski definition) is 1. The predicted molar refractivity (Wildman–Crippen MR) is 64.1 cm³/mol. The highest BCUT2D eigenvalue weighted by Gasteiger charge is 2.30. The number of halogens is 1. The van der Waals surface area contributed by atoms with E-state index < -0.39 is 0 Å². The number of benzene rings is 1. The third-order valence-electron chi connectivity index (χ3n) is 3.31. The summed E-state index contributed by atoms with van der Waals surface area (Å²) >= 11 is 0. The average Bonchev–Trinajstić information content (AvgIpc) is 3.10. The maximum Gasteiger partial charge on any atom is 0.132 e. The minimum atomic E-state index is -0.222. The summed E-state index contributed by atoms with van der Waals surface area (Å²) in [4.78, 5) is 3.10. The van der Waals surface area contributed by atoms with E-state index in [1.54, 1.807) is 18.3 Å². The molecule has 17 heavy (non-hydrogen) atoms. The van der Waals surface area contributed by atoms with Crippen LogP contribution >= 0.6 is 0 Å². The Morgan fingerprint density at radius 3 is 2.71 bits per heavy atom. The fourth-order valence-electron chi connectivity index (χ4n) is 2.33. The SMILES string of the molecule is OCc1c[nH]c(-c2ccccc2F)c1C1CC1. The van der Waals surface area contributed by atoms with Crippen LogP contribution < -0.4 is 0 Å². The van der Waals surface area contributed by atoms with Crippen LogP contribution in [0.3, 0.4) is 0 Å². The van der Waals surface area contributed by atoms with Crippen LogP contribution in [0.2, 0.25) is 0 Å². The lowest BCUT2D eigenvalue weighted by atomic mass is 10.0. The molecule has 2 N–H and O–H groups in total. The third kappa shape index (κ3) is 1.76. The molecule has 0 atom stereocenters. The number of aliphatic hydroxyl groups is 1. The molecule has 1 aromatic carbocycles. The van der Waals surface area contributed by atoms with Crippen LogP contribution in [0.1, 0.15) is 29.9 Å². The second-order valence-electron chi connectivity index (χ2n) is 4.51. The lowest BCUT2D eigenvalue weighted by Gasteiger charge is -2.06. The molecule has 88 valence electrons. The number of H-pyrrole nitrogens is 1. The molecular weight excluding hydrogens is 217 g/mol. The Kier molecular flexibility index (Phi) is 2.48. The molecule has 3 rings (SSSR count). The number of aromatic amines is 1. The van der Waals surface area contributed by atoms with E-state index in [4.69, 9.17) is 0 Å². The predicted octanol–water partition coefficient (Wildman–Crippen LogP) is 3.19. The lowest BCUT2D eigenvalue weighted by molar-refractivity contribution is 0.281. The Bertz CT molecular complexity index is 543. The van der Waals surface area contributed by atoms with Crippen LogP contribution in [-0.4, -0.2) is 10.1 Å². The van der Waals surface area contributed by atoms with E-state index in [2.05, 4.69) is 4.98 Å². The zero-order valence-electron chi connectivity index (χ0n) is 9.41. The summed E-state index contributed by atoms with van der Waals surface area (Å²) in [6.45, 7) is 0.0107. The zero-order valence-corrected chi connectivity index (χ0v) is 9.41. The number of rotatable bonds is 3. The van der Waals surface area contributed by atoms with E-state index in [-0.39, 0.29) is 12.4 Å². The van der Waals surface area contributed by atoms with Gasteiger partial charge in [0.25, 0.3) is 0 Å². The highest BCUT2D eigenvalue weighted by Crippen LogP contribution is 2.46. The summed E-state index contributed by atoms with van der Waals surface area (Å²) in [6.07, 6.45) is 4.05. The molecule has 0 aliphatic heterocycles. The molecule has 1 heterocycles. The summed E-state index contributed by atoms with van der Waals surface area (Å²) in [6, 6.07) is 6.75. The Morgan fingerprint density at radius 2 is 2.06 bits per heavy atom. The molecule has 3 heteroatoms. The van der Waals surface area contributed by atoms with Crippen LogP contribution in [0.5, 0.6) is 0 Å². The van der Waals surface area contributed by atoms with Crippen molar-refractivity contribution in [1.82, 2.24) is 4.98 Å². The van der Waals surface area contributed by atoms with Gasteiger partial charge in [0.2, 0.25) is 0 Å². The zero-order chi connectivity index (χ0) is 11.8. The smallest absolute Gasteiger partial charge is 0.132 e. The van der Waals surface area contributed by atoms with Gasteiger partial charge in [0.1, 0.15) is 5.82 Å². The Hall–Kier alpha value is -1.61. The number of aromatic nitrogens is 1. The monoisotopic (exact) mass is 231 g/mol. The maximum atomic E-state index is 13.8. The first kappa shape index (κ1) is 10.5. The van der Waals surface area contributed by atoms with Gasteiger partial charge < -0.3 is 10.1 Å². The van der Waals surface area contributed by atoms with Crippen LogP contribution in [0.25, 0.3) is 11.3 Å². The largest absolute Gasteiger partial charge is 0.392 e. The van der Waals surface area contributed by atoms with Crippen molar-refractivity contribution < 1.29 is 9.50 Å². The van der Waals surface area contributed by atoms with Gasteiger partial charge in [0.05, 0.1) is 12.3 Å². The third-order valence-corrected chi connectivity index (χ3v) is 3.31. The molecule has 1 fully saturated rings. The molecule has 0 spiro atoms. The number of aliphatic hydroxyl groups excluding tert-OH is 1. The van der Waals surface area contributed by atoms with Gasteiger partial charge in [-0.1, -0.05) is 12.1 Å². The van der Waals surface area contributed by atoms with Crippen molar-refractivity contribution in [2.24, 2.45) is 0 Å². The van der Waals surface area contributed by atoms with Crippen molar-refractivity contribution in [3.05, 3.63) is 47.4 Å². The maximum absolute atomic E-state index is 13.8. The molecule has 1 aromatic heterocycles. The van der Waals surface area contributed by atoms with Crippen molar-refractivity contribution in [3.8, 4) is 11.3 Å². The minimum Gasteiger partial charge on any atom is -0.392 e. The molecular formula is C14H14FNO. The van der Waals surface area contributed by atoms with Gasteiger partial charge in [-0.15, -0.1) is 0 Å². The summed E-state index contributed by atoms with van der Waals surface area (Å²) < 4.78 is 13.8. The first-order valence-electron chi connectivity index (χ1n) is 5.87. The standard InChI is InChI=1S/C14H14FNO/c15-12-4-2-1-3-11(12)14-13(9-5-6-9)10(8-17)7-16-14/h1-4,7,9,16-17H,5-6,8H2. The van der Waals surface area contributed by atoms with Crippen LogP contribution in [-0.2, 0) is 6.61 Å². The molecule has 2 nitrogen and oxygen atoms in total. The minimum absolute atomic E-state index is 0.0107. The molecule has 0 unspecified atom stereocenters. The van der Waals surface area contributed by atoms with Crippen LogP contribution in [0.15, 0.2) is 30.5 Å². The molecule has 1 saturated carbocycles. The van der Waals surface area contributed by atoms with Gasteiger partial charge in [0, 0.05) is 11.8 Å². The molecule has 1 aliphatic carbocycles. The van der Waals surface area contributed by atoms with Gasteiger partial charge in [0.15, 0.2) is 0 Å². The molecule has 1 aliphatic rings. The lowest BCUT2D eigenvalue weighted by Crippen LogP contribution is -1.91. The first-order valence-corrected chi connectivity index (χ1v) is 5.87. The molecule has 0 amide bonds. The van der Waals surface area contributed by atoms with E-state index in [0.29, 0.717) is 11.5 Å². The van der Waals surface area contributed by atoms with Crippen molar-refractivity contribution in [3.63, 3.8) is 0 Å². The average molecular weight is 231 g/mol. The van der Waals surface area contributed by atoms with Gasteiger partial charge in [-0.25, -0.2) is 4.39 Å². The van der Waals surface area contributed by atoms with Gasteiger partial charge in [-0.2, -0.15) is 0 Å². The summed E-state index contributed by atoms with van der Waals surface area (Å²) in [7, 11) is 0. The normalized spacial score (nSPS) is 15.2. The quantitative estimate of drug-likeness (QED) is 0.836. The van der Waals surface area contributed by atoms with E-state index in [1.807, 2.05) is 6.07 Å². The molecule has 0 bridgehead atoms. The summed E-state index contributed by atoms with van der Waals surface area (Å²) in [5, 5.41) is 9.31.